The van der Waals surface area contributed by atoms with Crippen LogP contribution in [0.4, 0.5) is 0 Å². The summed E-state index contributed by atoms with van der Waals surface area (Å²) < 4.78 is 7.84. The lowest BCUT2D eigenvalue weighted by Gasteiger charge is -2.22. The minimum absolute atomic E-state index is 0.481. The van der Waals surface area contributed by atoms with Crippen LogP contribution >= 0.6 is 0 Å². The Hall–Kier alpha value is -2.41. The van der Waals surface area contributed by atoms with Gasteiger partial charge in [0.05, 0.1) is 6.10 Å². The average molecular weight is 371 g/mol. The number of aliphatic imine (C=N–C) groups is 1. The second kappa shape index (κ2) is 10.7. The number of pyridine rings is 1. The highest BCUT2D eigenvalue weighted by Crippen LogP contribution is 2.20. The normalized spacial score (nSPS) is 15.7. The summed E-state index contributed by atoms with van der Waals surface area (Å²) in [6.07, 6.45) is 15.1. The van der Waals surface area contributed by atoms with Crippen molar-refractivity contribution in [3.8, 4) is 5.82 Å². The Morgan fingerprint density at radius 1 is 1.26 bits per heavy atom. The summed E-state index contributed by atoms with van der Waals surface area (Å²) in [5.74, 6) is 1.66. The fourth-order valence-corrected chi connectivity index (χ4v) is 3.24. The molecule has 1 aliphatic carbocycles. The topological polar surface area (TPSA) is 76.4 Å². The van der Waals surface area contributed by atoms with Gasteiger partial charge in [-0.25, -0.2) is 9.97 Å². The average Bonchev–Trinajstić information content (AvgIpc) is 3.26. The Kier molecular flexibility index (Phi) is 7.65. The fourth-order valence-electron chi connectivity index (χ4n) is 3.24. The van der Waals surface area contributed by atoms with E-state index in [0.717, 1.165) is 36.9 Å². The SMILES string of the molecule is CN=C(NCCCOC1CCCCC1)NCc1ccc(-n2ccnc2)nc1. The van der Waals surface area contributed by atoms with Gasteiger partial charge in [-0.2, -0.15) is 0 Å². The van der Waals surface area contributed by atoms with Gasteiger partial charge < -0.3 is 15.4 Å². The maximum atomic E-state index is 5.95. The molecule has 0 radical (unpaired) electrons. The standard InChI is InChI=1S/C20H30N6O/c1-21-20(23-10-5-13-27-18-6-3-2-4-7-18)25-15-17-8-9-19(24-14-17)26-12-11-22-16-26/h8-9,11-12,14,16,18H,2-7,10,13,15H2,1H3,(H2,21,23,25). The number of aromatic nitrogens is 3. The third kappa shape index (κ3) is 6.36. The predicted octanol–water partition coefficient (Wildman–Crippen LogP) is 2.67. The second-order valence-electron chi connectivity index (χ2n) is 6.83. The van der Waals surface area contributed by atoms with Gasteiger partial charge in [0.2, 0.25) is 0 Å². The summed E-state index contributed by atoms with van der Waals surface area (Å²) in [6.45, 7) is 2.34. The Balaban J connectivity index is 1.32. The van der Waals surface area contributed by atoms with Crippen molar-refractivity contribution in [3.05, 3.63) is 42.6 Å². The molecule has 1 saturated carbocycles. The van der Waals surface area contributed by atoms with Crippen molar-refractivity contribution < 1.29 is 4.74 Å². The number of imidazole rings is 1. The predicted molar refractivity (Wildman–Crippen MR) is 107 cm³/mol. The van der Waals surface area contributed by atoms with Crippen LogP contribution in [0.2, 0.25) is 0 Å². The van der Waals surface area contributed by atoms with Crippen molar-refractivity contribution in [2.75, 3.05) is 20.2 Å². The van der Waals surface area contributed by atoms with Gasteiger partial charge in [-0.15, -0.1) is 0 Å². The Labute approximate surface area is 161 Å². The Morgan fingerprint density at radius 3 is 2.85 bits per heavy atom. The highest BCUT2D eigenvalue weighted by Gasteiger charge is 2.12. The van der Waals surface area contributed by atoms with E-state index >= 15 is 0 Å². The maximum absolute atomic E-state index is 5.95. The van der Waals surface area contributed by atoms with E-state index < -0.39 is 0 Å². The van der Waals surface area contributed by atoms with Crippen LogP contribution in [0.1, 0.15) is 44.1 Å². The van der Waals surface area contributed by atoms with Crippen LogP contribution in [-0.4, -0.2) is 46.8 Å². The van der Waals surface area contributed by atoms with E-state index in [2.05, 4.69) is 31.7 Å². The molecule has 7 heteroatoms. The molecule has 27 heavy (non-hydrogen) atoms. The lowest BCUT2D eigenvalue weighted by molar-refractivity contribution is 0.0277. The molecule has 1 aliphatic rings. The number of hydrogen-bond donors (Lipinski definition) is 2. The first kappa shape index (κ1) is 19.4. The van der Waals surface area contributed by atoms with Crippen LogP contribution < -0.4 is 10.6 Å². The van der Waals surface area contributed by atoms with Crippen LogP contribution in [-0.2, 0) is 11.3 Å². The molecule has 0 unspecified atom stereocenters. The van der Waals surface area contributed by atoms with Gasteiger partial charge in [-0.3, -0.25) is 9.56 Å². The number of nitrogens with zero attached hydrogens (tertiary/aromatic N) is 4. The van der Waals surface area contributed by atoms with Crippen LogP contribution in [0.15, 0.2) is 42.0 Å². The lowest BCUT2D eigenvalue weighted by Crippen LogP contribution is -2.37. The maximum Gasteiger partial charge on any atom is 0.191 e. The molecule has 0 aromatic carbocycles. The number of hydrogen-bond acceptors (Lipinski definition) is 4. The van der Waals surface area contributed by atoms with Gasteiger partial charge in [-0.1, -0.05) is 25.3 Å². The molecule has 0 saturated heterocycles. The van der Waals surface area contributed by atoms with Crippen LogP contribution in [0, 0.1) is 0 Å². The molecule has 2 heterocycles. The van der Waals surface area contributed by atoms with Crippen LogP contribution in [0.3, 0.4) is 0 Å². The minimum atomic E-state index is 0.481. The minimum Gasteiger partial charge on any atom is -0.378 e. The highest BCUT2D eigenvalue weighted by atomic mass is 16.5. The molecule has 0 atom stereocenters. The zero-order chi connectivity index (χ0) is 18.7. The van der Waals surface area contributed by atoms with Crippen molar-refractivity contribution in [2.45, 2.75) is 51.2 Å². The van der Waals surface area contributed by atoms with E-state index in [1.165, 1.54) is 32.1 Å². The summed E-state index contributed by atoms with van der Waals surface area (Å²) in [7, 11) is 1.79. The molecule has 0 spiro atoms. The van der Waals surface area contributed by atoms with Crippen LogP contribution in [0.5, 0.6) is 0 Å². The zero-order valence-electron chi connectivity index (χ0n) is 16.1. The monoisotopic (exact) mass is 370 g/mol. The summed E-state index contributed by atoms with van der Waals surface area (Å²) in [5.41, 5.74) is 1.10. The van der Waals surface area contributed by atoms with Gasteiger partial charge in [0.15, 0.2) is 5.96 Å². The molecule has 2 aromatic heterocycles. The number of ether oxygens (including phenoxy) is 1. The molecule has 0 amide bonds. The van der Waals surface area contributed by atoms with E-state index in [1.54, 1.807) is 19.6 Å². The van der Waals surface area contributed by atoms with Gasteiger partial charge in [0.25, 0.3) is 0 Å². The zero-order valence-corrected chi connectivity index (χ0v) is 16.1. The van der Waals surface area contributed by atoms with E-state index in [-0.39, 0.29) is 0 Å². The molecule has 7 nitrogen and oxygen atoms in total. The molecular formula is C20H30N6O. The summed E-state index contributed by atoms with van der Waals surface area (Å²) in [4.78, 5) is 12.8. The second-order valence-corrected chi connectivity index (χ2v) is 6.83. The van der Waals surface area contributed by atoms with Crippen molar-refractivity contribution in [1.29, 1.82) is 0 Å². The summed E-state index contributed by atoms with van der Waals surface area (Å²) in [5, 5.41) is 6.66. The van der Waals surface area contributed by atoms with Crippen LogP contribution in [0.25, 0.3) is 5.82 Å². The van der Waals surface area contributed by atoms with Crippen molar-refractivity contribution in [1.82, 2.24) is 25.2 Å². The van der Waals surface area contributed by atoms with Gasteiger partial charge in [-0.05, 0) is 30.9 Å². The largest absolute Gasteiger partial charge is 0.378 e. The first-order chi connectivity index (χ1) is 13.3. The van der Waals surface area contributed by atoms with Gasteiger partial charge >= 0.3 is 0 Å². The highest BCUT2D eigenvalue weighted by molar-refractivity contribution is 5.79. The first-order valence-corrected chi connectivity index (χ1v) is 9.84. The molecule has 0 bridgehead atoms. The first-order valence-electron chi connectivity index (χ1n) is 9.84. The smallest absolute Gasteiger partial charge is 0.191 e. The van der Waals surface area contributed by atoms with E-state index in [9.17, 15) is 0 Å². The molecule has 3 rings (SSSR count). The van der Waals surface area contributed by atoms with Crippen molar-refractivity contribution in [3.63, 3.8) is 0 Å². The van der Waals surface area contributed by atoms with Crippen molar-refractivity contribution >= 4 is 5.96 Å². The molecule has 146 valence electrons. The molecule has 1 fully saturated rings. The van der Waals surface area contributed by atoms with E-state index in [4.69, 9.17) is 4.74 Å². The third-order valence-electron chi connectivity index (χ3n) is 4.78. The fraction of sp³-hybridized carbons (Fsp3) is 0.550. The lowest BCUT2D eigenvalue weighted by atomic mass is 9.98. The van der Waals surface area contributed by atoms with E-state index in [1.807, 2.05) is 23.0 Å². The van der Waals surface area contributed by atoms with E-state index in [0.29, 0.717) is 12.6 Å². The number of nitrogens with one attached hydrogen (secondary N) is 2. The molecular weight excluding hydrogens is 340 g/mol. The van der Waals surface area contributed by atoms with Crippen molar-refractivity contribution in [2.24, 2.45) is 4.99 Å². The van der Waals surface area contributed by atoms with Gasteiger partial charge in [0, 0.05) is 45.3 Å². The molecule has 2 N–H and O–H groups in total. The summed E-state index contributed by atoms with van der Waals surface area (Å²) >= 11 is 0. The third-order valence-corrected chi connectivity index (χ3v) is 4.78. The molecule has 2 aromatic rings. The quantitative estimate of drug-likeness (QED) is 0.424. The Morgan fingerprint density at radius 2 is 2.15 bits per heavy atom. The number of rotatable bonds is 8. The Bertz CT molecular complexity index is 677. The molecule has 0 aliphatic heterocycles. The number of guanidine groups is 1. The van der Waals surface area contributed by atoms with Gasteiger partial charge in [0.1, 0.15) is 12.1 Å². The summed E-state index contributed by atoms with van der Waals surface area (Å²) in [6, 6.07) is 4.04.